The highest BCUT2D eigenvalue weighted by Gasteiger charge is 2.25. The van der Waals surface area contributed by atoms with Crippen LogP contribution < -0.4 is 9.47 Å². The lowest BCUT2D eigenvalue weighted by molar-refractivity contribution is -0.129. The fourth-order valence-corrected chi connectivity index (χ4v) is 2.86. The van der Waals surface area contributed by atoms with Crippen molar-refractivity contribution in [2.24, 2.45) is 4.99 Å². The maximum Gasteiger partial charge on any atom is 0.363 e. The molecule has 0 spiro atoms. The summed E-state index contributed by atoms with van der Waals surface area (Å²) in [6.45, 7) is 8.18. The van der Waals surface area contributed by atoms with E-state index in [1.54, 1.807) is 18.2 Å². The third-order valence-corrected chi connectivity index (χ3v) is 4.07. The van der Waals surface area contributed by atoms with Gasteiger partial charge in [0.15, 0.2) is 17.2 Å². The molecule has 5 nitrogen and oxygen atoms in total. The number of halogens is 2. The van der Waals surface area contributed by atoms with Gasteiger partial charge < -0.3 is 14.2 Å². The van der Waals surface area contributed by atoms with Crippen molar-refractivity contribution in [1.29, 1.82) is 0 Å². The SMILES string of the molecule is C=C(C)COc1c(Cl)cc(/C=C2\N=C(c3cccc(F)c3)OC2=O)cc1OCC. The van der Waals surface area contributed by atoms with Gasteiger partial charge in [-0.2, -0.15) is 0 Å². The molecule has 0 aliphatic carbocycles. The van der Waals surface area contributed by atoms with Crippen molar-refractivity contribution in [2.45, 2.75) is 13.8 Å². The summed E-state index contributed by atoms with van der Waals surface area (Å²) in [5, 5.41) is 0.324. The summed E-state index contributed by atoms with van der Waals surface area (Å²) in [4.78, 5) is 16.4. The monoisotopic (exact) mass is 415 g/mol. The molecule has 1 aliphatic heterocycles. The maximum atomic E-state index is 13.4. The van der Waals surface area contributed by atoms with E-state index in [2.05, 4.69) is 11.6 Å². The van der Waals surface area contributed by atoms with Crippen LogP contribution in [0.25, 0.3) is 6.08 Å². The van der Waals surface area contributed by atoms with E-state index in [1.165, 1.54) is 24.3 Å². The zero-order chi connectivity index (χ0) is 21.0. The molecule has 7 heteroatoms. The van der Waals surface area contributed by atoms with E-state index in [4.69, 9.17) is 25.8 Å². The average molecular weight is 416 g/mol. The van der Waals surface area contributed by atoms with Gasteiger partial charge in [-0.1, -0.05) is 24.2 Å². The molecule has 0 saturated heterocycles. The van der Waals surface area contributed by atoms with Gasteiger partial charge in [0, 0.05) is 5.56 Å². The molecule has 150 valence electrons. The highest BCUT2D eigenvalue weighted by Crippen LogP contribution is 2.38. The van der Waals surface area contributed by atoms with Gasteiger partial charge in [0.05, 0.1) is 11.6 Å². The normalized spacial score (nSPS) is 14.6. The first-order chi connectivity index (χ1) is 13.9. The van der Waals surface area contributed by atoms with Crippen molar-refractivity contribution in [2.75, 3.05) is 13.2 Å². The summed E-state index contributed by atoms with van der Waals surface area (Å²) < 4.78 is 29.9. The minimum atomic E-state index is -0.638. The molecule has 2 aromatic carbocycles. The number of carbonyl (C=O) groups excluding carboxylic acids is 1. The largest absolute Gasteiger partial charge is 0.490 e. The molecule has 0 fully saturated rings. The van der Waals surface area contributed by atoms with Crippen LogP contribution in [-0.4, -0.2) is 25.1 Å². The number of cyclic esters (lactones) is 1. The number of aliphatic imine (C=N–C) groups is 1. The Morgan fingerprint density at radius 2 is 2.10 bits per heavy atom. The van der Waals surface area contributed by atoms with Crippen molar-refractivity contribution in [1.82, 2.24) is 0 Å². The van der Waals surface area contributed by atoms with Crippen LogP contribution in [0.4, 0.5) is 4.39 Å². The first kappa shape index (κ1) is 20.6. The van der Waals surface area contributed by atoms with E-state index in [0.29, 0.717) is 40.9 Å². The van der Waals surface area contributed by atoms with Crippen molar-refractivity contribution in [3.05, 3.63) is 76.2 Å². The fraction of sp³-hybridized carbons (Fsp3) is 0.182. The average Bonchev–Trinajstić information content (AvgIpc) is 3.02. The Labute approximate surface area is 173 Å². The van der Waals surface area contributed by atoms with E-state index in [1.807, 2.05) is 13.8 Å². The number of hydrogen-bond acceptors (Lipinski definition) is 5. The quantitative estimate of drug-likeness (QED) is 0.355. The van der Waals surface area contributed by atoms with Crippen molar-refractivity contribution < 1.29 is 23.4 Å². The van der Waals surface area contributed by atoms with Crippen LogP contribution in [0.3, 0.4) is 0 Å². The van der Waals surface area contributed by atoms with Gasteiger partial charge in [-0.3, -0.25) is 0 Å². The van der Waals surface area contributed by atoms with Crippen molar-refractivity contribution in [3.8, 4) is 11.5 Å². The van der Waals surface area contributed by atoms with Gasteiger partial charge in [-0.05, 0) is 61.4 Å². The first-order valence-corrected chi connectivity index (χ1v) is 9.27. The molecule has 3 rings (SSSR count). The van der Waals surface area contributed by atoms with Gasteiger partial charge in [0.2, 0.25) is 5.90 Å². The highest BCUT2D eigenvalue weighted by atomic mass is 35.5. The molecule has 0 N–H and O–H groups in total. The molecular weight excluding hydrogens is 397 g/mol. The molecule has 1 heterocycles. The lowest BCUT2D eigenvalue weighted by atomic mass is 10.1. The molecule has 0 bridgehead atoms. The lowest BCUT2D eigenvalue weighted by Crippen LogP contribution is -2.05. The number of nitrogens with zero attached hydrogens (tertiary/aromatic N) is 1. The minimum Gasteiger partial charge on any atom is -0.490 e. The highest BCUT2D eigenvalue weighted by molar-refractivity contribution is 6.32. The Bertz CT molecular complexity index is 1030. The number of carbonyl (C=O) groups is 1. The van der Waals surface area contributed by atoms with Gasteiger partial charge in [0.1, 0.15) is 12.4 Å². The Morgan fingerprint density at radius 3 is 2.79 bits per heavy atom. The summed E-state index contributed by atoms with van der Waals surface area (Å²) in [7, 11) is 0. The Kier molecular flexibility index (Phi) is 6.34. The topological polar surface area (TPSA) is 57.1 Å². The predicted octanol–water partition coefficient (Wildman–Crippen LogP) is 5.18. The lowest BCUT2D eigenvalue weighted by Gasteiger charge is -2.14. The molecule has 29 heavy (non-hydrogen) atoms. The predicted molar refractivity (Wildman–Crippen MR) is 110 cm³/mol. The molecule has 0 aromatic heterocycles. The molecule has 1 aliphatic rings. The zero-order valence-corrected chi connectivity index (χ0v) is 16.8. The number of hydrogen-bond donors (Lipinski definition) is 0. The minimum absolute atomic E-state index is 0.0401. The second-order valence-electron chi connectivity index (χ2n) is 6.36. The van der Waals surface area contributed by atoms with Crippen molar-refractivity contribution >= 4 is 29.5 Å². The molecule has 0 unspecified atom stereocenters. The number of rotatable bonds is 7. The van der Waals surface area contributed by atoms with Gasteiger partial charge >= 0.3 is 5.97 Å². The molecule has 0 atom stereocenters. The molecular formula is C22H19ClFNO4. The summed E-state index contributed by atoms with van der Waals surface area (Å²) in [6, 6.07) is 8.99. The van der Waals surface area contributed by atoms with E-state index in [-0.39, 0.29) is 11.6 Å². The van der Waals surface area contributed by atoms with Crippen LogP contribution in [-0.2, 0) is 9.53 Å². The van der Waals surface area contributed by atoms with Crippen LogP contribution in [0.1, 0.15) is 25.0 Å². The Balaban J connectivity index is 1.94. The van der Waals surface area contributed by atoms with Gasteiger partial charge in [-0.25, -0.2) is 14.2 Å². The third kappa shape index (κ3) is 5.03. The van der Waals surface area contributed by atoms with Crippen LogP contribution in [0, 0.1) is 5.82 Å². The van der Waals surface area contributed by atoms with E-state index >= 15 is 0 Å². The maximum absolute atomic E-state index is 13.4. The Hall–Kier alpha value is -3.12. The second kappa shape index (κ2) is 8.92. The molecule has 0 amide bonds. The van der Waals surface area contributed by atoms with E-state index in [0.717, 1.165) is 5.57 Å². The van der Waals surface area contributed by atoms with Crippen LogP contribution in [0.2, 0.25) is 5.02 Å². The second-order valence-corrected chi connectivity index (χ2v) is 6.76. The third-order valence-electron chi connectivity index (χ3n) is 3.79. The van der Waals surface area contributed by atoms with Crippen LogP contribution in [0.5, 0.6) is 11.5 Å². The summed E-state index contributed by atoms with van der Waals surface area (Å²) in [6.07, 6.45) is 1.52. The Morgan fingerprint density at radius 1 is 1.31 bits per heavy atom. The van der Waals surface area contributed by atoms with Gasteiger partial charge in [-0.15, -0.1) is 0 Å². The first-order valence-electron chi connectivity index (χ1n) is 8.89. The summed E-state index contributed by atoms with van der Waals surface area (Å²) in [5.74, 6) is -0.207. The molecule has 2 aromatic rings. The van der Waals surface area contributed by atoms with E-state index in [9.17, 15) is 9.18 Å². The van der Waals surface area contributed by atoms with Crippen LogP contribution in [0.15, 0.2) is 59.2 Å². The van der Waals surface area contributed by atoms with Gasteiger partial charge in [0.25, 0.3) is 0 Å². The number of ether oxygens (including phenoxy) is 3. The number of esters is 1. The standard InChI is InChI=1S/C22H19ClFNO4/c1-4-27-19-10-14(8-17(23)20(19)28-12-13(2)3)9-18-22(26)29-21(25-18)15-6-5-7-16(24)11-15/h5-11H,2,4,12H2,1,3H3/b18-9-. The number of benzene rings is 2. The summed E-state index contributed by atoms with van der Waals surface area (Å²) in [5.41, 5.74) is 1.86. The van der Waals surface area contributed by atoms with Crippen LogP contribution >= 0.6 is 11.6 Å². The molecule has 0 saturated carbocycles. The fourth-order valence-electron chi connectivity index (χ4n) is 2.58. The van der Waals surface area contributed by atoms with Crippen molar-refractivity contribution in [3.63, 3.8) is 0 Å². The smallest absolute Gasteiger partial charge is 0.363 e. The van der Waals surface area contributed by atoms with E-state index < -0.39 is 11.8 Å². The zero-order valence-electron chi connectivity index (χ0n) is 16.0. The summed E-state index contributed by atoms with van der Waals surface area (Å²) >= 11 is 6.36. The molecule has 0 radical (unpaired) electrons.